The minimum atomic E-state index is -0.608. The number of nitro groups is 1. The number of rotatable bonds is 1. The summed E-state index contributed by atoms with van der Waals surface area (Å²) in [4.78, 5) is 10.2. The van der Waals surface area contributed by atoms with Crippen molar-refractivity contribution in [3.8, 4) is 0 Å². The lowest BCUT2D eigenvalue weighted by atomic mass is 10.7. The summed E-state index contributed by atoms with van der Waals surface area (Å²) in [5, 5.41) is 13.2. The first-order valence-electron chi connectivity index (χ1n) is 2.15. The van der Waals surface area contributed by atoms with Crippen LogP contribution < -0.4 is 5.84 Å². The first-order chi connectivity index (χ1) is 4.20. The van der Waals surface area contributed by atoms with E-state index < -0.39 is 4.92 Å². The van der Waals surface area contributed by atoms with Gasteiger partial charge >= 0.3 is 5.82 Å². The fourth-order valence-corrected chi connectivity index (χ4v) is 0.425. The van der Waals surface area contributed by atoms with E-state index in [1.807, 2.05) is 0 Å². The highest BCUT2D eigenvalue weighted by molar-refractivity contribution is 5.13. The van der Waals surface area contributed by atoms with Gasteiger partial charge < -0.3 is 16.0 Å². The van der Waals surface area contributed by atoms with Gasteiger partial charge in [0.05, 0.1) is 17.4 Å². The average molecular weight is 128 g/mol. The molecule has 0 amide bonds. The maximum atomic E-state index is 9.89. The Morgan fingerprint density at radius 3 is 2.78 bits per heavy atom. The average Bonchev–Trinajstić information content (AvgIpc) is 2.14. The van der Waals surface area contributed by atoms with Gasteiger partial charge in [-0.25, -0.2) is 0 Å². The van der Waals surface area contributed by atoms with Gasteiger partial charge in [-0.3, -0.25) is 0 Å². The van der Waals surface area contributed by atoms with Crippen LogP contribution in [-0.2, 0) is 0 Å². The van der Waals surface area contributed by atoms with Crippen LogP contribution in [0.2, 0.25) is 0 Å². The lowest BCUT2D eigenvalue weighted by molar-refractivity contribution is -0.389. The summed E-state index contributed by atoms with van der Waals surface area (Å²) in [5.74, 6) is 4.78. The summed E-state index contributed by atoms with van der Waals surface area (Å²) in [5.41, 5.74) is 0. The third-order valence-electron chi connectivity index (χ3n) is 0.781. The molecule has 1 rings (SSSR count). The monoisotopic (exact) mass is 128 g/mol. The molecule has 0 saturated carbocycles. The van der Waals surface area contributed by atoms with Crippen LogP contribution in [0.15, 0.2) is 12.3 Å². The highest BCUT2D eigenvalue weighted by atomic mass is 16.6. The fraction of sp³-hybridized carbons (Fsp3) is 0. The predicted molar refractivity (Wildman–Crippen MR) is 29.0 cm³/mol. The normalized spacial score (nSPS) is 9.33. The Kier molecular flexibility index (Phi) is 1.07. The van der Waals surface area contributed by atoms with Gasteiger partial charge in [-0.2, -0.15) is 0 Å². The van der Waals surface area contributed by atoms with Crippen LogP contribution in [-0.4, -0.2) is 14.8 Å². The Bertz CT molecular complexity index is 229. The largest absolute Gasteiger partial charge is 0.392 e. The van der Waals surface area contributed by atoms with Crippen LogP contribution in [0, 0.1) is 10.1 Å². The van der Waals surface area contributed by atoms with Gasteiger partial charge in [0.15, 0.2) is 0 Å². The summed E-state index contributed by atoms with van der Waals surface area (Å²) in [6.45, 7) is 0. The molecule has 0 spiro atoms. The van der Waals surface area contributed by atoms with Crippen molar-refractivity contribution >= 4 is 5.82 Å². The molecule has 6 nitrogen and oxygen atoms in total. The molecule has 0 bridgehead atoms. The minimum absolute atomic E-state index is 0.238. The molecular formula is C3H4N4O2. The topological polar surface area (TPSA) is 87.0 Å². The second kappa shape index (κ2) is 1.73. The van der Waals surface area contributed by atoms with Crippen LogP contribution in [0.5, 0.6) is 0 Å². The standard InChI is InChI=1S/C3H4N4O2/c4-6-2-1-3(5-6)7(8)9/h1-2H,4H2. The Hall–Kier alpha value is -1.59. The lowest BCUT2D eigenvalue weighted by Crippen LogP contribution is -2.08. The molecule has 0 atom stereocenters. The zero-order valence-electron chi connectivity index (χ0n) is 4.39. The van der Waals surface area contributed by atoms with Crippen molar-refractivity contribution in [2.45, 2.75) is 0 Å². The maximum Gasteiger partial charge on any atom is 0.392 e. The third kappa shape index (κ3) is 0.958. The Labute approximate surface area is 50.0 Å². The summed E-state index contributed by atoms with van der Waals surface area (Å²) in [6, 6.07) is 1.22. The molecule has 0 saturated heterocycles. The summed E-state index contributed by atoms with van der Waals surface area (Å²) in [7, 11) is 0. The van der Waals surface area contributed by atoms with Gasteiger partial charge in [0.2, 0.25) is 0 Å². The SMILES string of the molecule is Nn1ccc([N+](=O)[O-])n1. The van der Waals surface area contributed by atoms with Gasteiger partial charge in [0, 0.05) is 0 Å². The number of aromatic nitrogens is 2. The third-order valence-corrected chi connectivity index (χ3v) is 0.781. The lowest BCUT2D eigenvalue weighted by Gasteiger charge is -1.81. The molecule has 1 aromatic rings. The van der Waals surface area contributed by atoms with E-state index in [1.54, 1.807) is 0 Å². The van der Waals surface area contributed by atoms with Gasteiger partial charge in [-0.1, -0.05) is 4.79 Å². The van der Waals surface area contributed by atoms with Crippen LogP contribution in [0.3, 0.4) is 0 Å². The van der Waals surface area contributed by atoms with Crippen LogP contribution >= 0.6 is 0 Å². The molecular weight excluding hydrogens is 124 g/mol. The summed E-state index contributed by atoms with van der Waals surface area (Å²) in [6.07, 6.45) is 1.30. The van der Waals surface area contributed by atoms with Gasteiger partial charge in [-0.05, 0) is 4.92 Å². The van der Waals surface area contributed by atoms with Crippen molar-refractivity contribution in [2.24, 2.45) is 0 Å². The molecule has 0 fully saturated rings. The van der Waals surface area contributed by atoms with E-state index in [4.69, 9.17) is 5.84 Å². The molecule has 0 aliphatic carbocycles. The molecule has 6 heteroatoms. The zero-order valence-corrected chi connectivity index (χ0v) is 4.39. The fourth-order valence-electron chi connectivity index (χ4n) is 0.425. The second-order valence-electron chi connectivity index (χ2n) is 1.41. The van der Waals surface area contributed by atoms with Gasteiger partial charge in [0.25, 0.3) is 0 Å². The number of hydrogen-bond acceptors (Lipinski definition) is 4. The quantitative estimate of drug-likeness (QED) is 0.314. The molecule has 2 N–H and O–H groups in total. The number of nitrogen functional groups attached to an aromatic ring is 1. The van der Waals surface area contributed by atoms with Crippen LogP contribution in [0.1, 0.15) is 0 Å². The second-order valence-corrected chi connectivity index (χ2v) is 1.41. The number of nitrogens with two attached hydrogens (primary N) is 1. The Morgan fingerprint density at radius 2 is 2.56 bits per heavy atom. The highest BCUT2D eigenvalue weighted by Crippen LogP contribution is 2.01. The van der Waals surface area contributed by atoms with Crippen molar-refractivity contribution in [3.05, 3.63) is 22.4 Å². The van der Waals surface area contributed by atoms with Crippen molar-refractivity contribution in [1.29, 1.82) is 0 Å². The molecule has 1 aromatic heterocycles. The molecule has 48 valence electrons. The Balaban J connectivity index is 2.98. The first kappa shape index (κ1) is 5.54. The smallest absolute Gasteiger partial charge is 0.358 e. The van der Waals surface area contributed by atoms with E-state index in [1.165, 1.54) is 12.3 Å². The molecule has 0 aliphatic heterocycles. The molecule has 1 heterocycles. The van der Waals surface area contributed by atoms with Gasteiger partial charge in [0.1, 0.15) is 0 Å². The summed E-state index contributed by atoms with van der Waals surface area (Å²) >= 11 is 0. The molecule has 0 aliphatic rings. The van der Waals surface area contributed by atoms with E-state index in [-0.39, 0.29) is 5.82 Å². The minimum Gasteiger partial charge on any atom is -0.358 e. The van der Waals surface area contributed by atoms with Gasteiger partial charge in [-0.15, -0.1) is 0 Å². The number of hydrogen-bond donors (Lipinski definition) is 1. The van der Waals surface area contributed by atoms with Crippen molar-refractivity contribution in [1.82, 2.24) is 9.89 Å². The van der Waals surface area contributed by atoms with Crippen LogP contribution in [0.25, 0.3) is 0 Å². The van der Waals surface area contributed by atoms with Crippen molar-refractivity contribution in [2.75, 3.05) is 5.84 Å². The van der Waals surface area contributed by atoms with Crippen molar-refractivity contribution < 1.29 is 4.92 Å². The molecule has 0 aromatic carbocycles. The molecule has 0 unspecified atom stereocenters. The van der Waals surface area contributed by atoms with E-state index >= 15 is 0 Å². The van der Waals surface area contributed by atoms with E-state index in [9.17, 15) is 10.1 Å². The molecule has 9 heavy (non-hydrogen) atoms. The predicted octanol–water partition coefficient (Wildman–Crippen LogP) is -0.495. The van der Waals surface area contributed by atoms with E-state index in [2.05, 4.69) is 5.10 Å². The summed E-state index contributed by atoms with van der Waals surface area (Å²) < 4.78 is 0. The van der Waals surface area contributed by atoms with Crippen molar-refractivity contribution in [3.63, 3.8) is 0 Å². The first-order valence-corrected chi connectivity index (χ1v) is 2.15. The number of nitrogens with zero attached hydrogens (tertiary/aromatic N) is 3. The highest BCUT2D eigenvalue weighted by Gasteiger charge is 2.07. The van der Waals surface area contributed by atoms with E-state index in [0.717, 1.165) is 4.79 Å². The maximum absolute atomic E-state index is 9.89. The zero-order chi connectivity index (χ0) is 6.85. The van der Waals surface area contributed by atoms with E-state index in [0.29, 0.717) is 0 Å². The molecule has 0 radical (unpaired) electrons. The Morgan fingerprint density at radius 1 is 1.89 bits per heavy atom. The van der Waals surface area contributed by atoms with Crippen LogP contribution in [0.4, 0.5) is 5.82 Å².